The molecule has 0 aromatic carbocycles. The van der Waals surface area contributed by atoms with E-state index in [9.17, 15) is 19.8 Å². The molecule has 1 amide bonds. The quantitative estimate of drug-likeness (QED) is 0.0321. The van der Waals surface area contributed by atoms with E-state index in [1.54, 1.807) is 0 Å². The largest absolute Gasteiger partial charge is 0.466 e. The van der Waals surface area contributed by atoms with Crippen LogP contribution in [0.3, 0.4) is 0 Å². The van der Waals surface area contributed by atoms with Crippen molar-refractivity contribution in [2.24, 2.45) is 0 Å². The molecule has 0 saturated heterocycles. The zero-order valence-electron chi connectivity index (χ0n) is 46.1. The van der Waals surface area contributed by atoms with Crippen molar-refractivity contribution in [3.63, 3.8) is 0 Å². The van der Waals surface area contributed by atoms with Crippen molar-refractivity contribution >= 4 is 11.9 Å². The second kappa shape index (κ2) is 58.2. The first kappa shape index (κ1) is 66.6. The maximum atomic E-state index is 12.5. The molecule has 0 aromatic rings. The second-order valence-electron chi connectivity index (χ2n) is 21.4. The number of hydrogen-bond acceptors (Lipinski definition) is 5. The number of rotatable bonds is 58. The highest BCUT2D eigenvalue weighted by molar-refractivity contribution is 5.76. The molecule has 6 heteroatoms. The van der Waals surface area contributed by atoms with E-state index in [0.717, 1.165) is 44.9 Å². The Morgan fingerprint density at radius 2 is 0.691 bits per heavy atom. The summed E-state index contributed by atoms with van der Waals surface area (Å²) in [7, 11) is 0. The molecular weight excluding hydrogens is 839 g/mol. The Hall–Kier alpha value is -1.40. The van der Waals surface area contributed by atoms with Gasteiger partial charge >= 0.3 is 5.97 Å². The lowest BCUT2D eigenvalue weighted by Gasteiger charge is -2.22. The Balaban J connectivity index is 3.38. The predicted molar refractivity (Wildman–Crippen MR) is 297 cm³/mol. The van der Waals surface area contributed by atoms with E-state index in [1.807, 2.05) is 0 Å². The van der Waals surface area contributed by atoms with Crippen LogP contribution in [0.5, 0.6) is 0 Å². The first-order chi connectivity index (χ1) is 33.5. The van der Waals surface area contributed by atoms with Gasteiger partial charge in [0.1, 0.15) is 0 Å². The number of unbranched alkanes of at least 4 members (excludes halogenated alkanes) is 45. The zero-order chi connectivity index (χ0) is 49.3. The number of aliphatic hydroxyl groups excluding tert-OH is 2. The molecule has 0 bridgehead atoms. The van der Waals surface area contributed by atoms with E-state index >= 15 is 0 Å². The van der Waals surface area contributed by atoms with E-state index in [0.29, 0.717) is 25.9 Å². The van der Waals surface area contributed by atoms with E-state index in [2.05, 4.69) is 31.3 Å². The second-order valence-corrected chi connectivity index (χ2v) is 21.4. The van der Waals surface area contributed by atoms with Crippen molar-refractivity contribution in [1.29, 1.82) is 0 Å². The van der Waals surface area contributed by atoms with Crippen molar-refractivity contribution in [3.8, 4) is 0 Å². The fourth-order valence-corrected chi connectivity index (χ4v) is 9.81. The van der Waals surface area contributed by atoms with Crippen molar-refractivity contribution < 1.29 is 24.5 Å². The van der Waals surface area contributed by atoms with Gasteiger partial charge in [0.2, 0.25) is 5.91 Å². The molecular formula is C62H121NO5. The highest BCUT2D eigenvalue weighted by Crippen LogP contribution is 2.18. The third kappa shape index (κ3) is 53.9. The summed E-state index contributed by atoms with van der Waals surface area (Å²) in [6.45, 7) is 4.95. The number of ether oxygens (including phenoxy) is 1. The minimum absolute atomic E-state index is 0.00384. The van der Waals surface area contributed by atoms with Gasteiger partial charge in [-0.1, -0.05) is 296 Å². The lowest BCUT2D eigenvalue weighted by Crippen LogP contribution is -2.45. The SMILES string of the molecule is CCCCC/C=C\CCCCCCCC(=O)OCCCCCCCCCCCCCCCCCCCCCCCCC(=O)NC(CO)C(O)CCCCCCCCCCCCCCCCCCC. The van der Waals surface area contributed by atoms with Crippen molar-refractivity contribution in [3.05, 3.63) is 12.2 Å². The van der Waals surface area contributed by atoms with Crippen LogP contribution in [-0.2, 0) is 14.3 Å². The Bertz CT molecular complexity index is 1020. The molecule has 404 valence electrons. The number of hydrogen-bond donors (Lipinski definition) is 3. The van der Waals surface area contributed by atoms with Gasteiger partial charge in [0.25, 0.3) is 0 Å². The summed E-state index contributed by atoms with van der Waals surface area (Å²) in [6.07, 6.45) is 69.3. The molecule has 0 aliphatic heterocycles. The smallest absolute Gasteiger partial charge is 0.305 e. The third-order valence-electron chi connectivity index (χ3n) is 14.6. The molecule has 3 N–H and O–H groups in total. The maximum Gasteiger partial charge on any atom is 0.305 e. The first-order valence-electron chi connectivity index (χ1n) is 30.9. The summed E-state index contributed by atoms with van der Waals surface area (Å²) in [6, 6.07) is -0.541. The minimum atomic E-state index is -0.664. The summed E-state index contributed by atoms with van der Waals surface area (Å²) in [4.78, 5) is 24.5. The molecule has 0 heterocycles. The van der Waals surface area contributed by atoms with Gasteiger partial charge in [0.05, 0.1) is 25.4 Å². The number of carbonyl (C=O) groups is 2. The number of aliphatic hydroxyl groups is 2. The highest BCUT2D eigenvalue weighted by Gasteiger charge is 2.20. The van der Waals surface area contributed by atoms with Gasteiger partial charge < -0.3 is 20.3 Å². The Morgan fingerprint density at radius 1 is 0.397 bits per heavy atom. The summed E-state index contributed by atoms with van der Waals surface area (Å²) >= 11 is 0. The summed E-state index contributed by atoms with van der Waals surface area (Å²) in [5.74, 6) is -0.0283. The first-order valence-corrected chi connectivity index (χ1v) is 30.9. The molecule has 0 aromatic heterocycles. The van der Waals surface area contributed by atoms with E-state index < -0.39 is 12.1 Å². The molecule has 0 radical (unpaired) electrons. The molecule has 0 fully saturated rings. The molecule has 0 aliphatic rings. The van der Waals surface area contributed by atoms with Gasteiger partial charge in [-0.05, 0) is 51.4 Å². The van der Waals surface area contributed by atoms with Crippen LogP contribution in [0.4, 0.5) is 0 Å². The lowest BCUT2D eigenvalue weighted by molar-refractivity contribution is -0.143. The molecule has 0 aliphatic carbocycles. The average Bonchev–Trinajstić information content (AvgIpc) is 3.34. The van der Waals surface area contributed by atoms with Crippen LogP contribution in [0.15, 0.2) is 12.2 Å². The average molecular weight is 961 g/mol. The van der Waals surface area contributed by atoms with Crippen LogP contribution in [0.25, 0.3) is 0 Å². The van der Waals surface area contributed by atoms with Gasteiger partial charge in [-0.25, -0.2) is 0 Å². The molecule has 0 spiro atoms. The normalized spacial score (nSPS) is 12.6. The van der Waals surface area contributed by atoms with Crippen molar-refractivity contribution in [2.45, 2.75) is 360 Å². The van der Waals surface area contributed by atoms with Crippen LogP contribution < -0.4 is 5.32 Å². The van der Waals surface area contributed by atoms with E-state index in [1.165, 1.54) is 270 Å². The highest BCUT2D eigenvalue weighted by atomic mass is 16.5. The Morgan fingerprint density at radius 3 is 1.07 bits per heavy atom. The molecule has 68 heavy (non-hydrogen) atoms. The summed E-state index contributed by atoms with van der Waals surface area (Å²) < 4.78 is 5.47. The standard InChI is InChI=1S/C62H121NO5/c1-3-5-7-9-11-13-15-17-18-25-28-31-34-38-42-46-50-54-60(65)59(58-64)63-61(66)55-51-47-43-39-35-32-29-26-23-21-19-20-22-24-27-30-33-37-41-45-49-53-57-68-62(67)56-52-48-44-40-36-16-14-12-10-8-6-4-2/h12,14,59-60,64-65H,3-11,13,15-58H2,1-2H3,(H,63,66)/b14-12-. The van der Waals surface area contributed by atoms with E-state index in [-0.39, 0.29) is 18.5 Å². The molecule has 2 atom stereocenters. The van der Waals surface area contributed by atoms with Crippen molar-refractivity contribution in [1.82, 2.24) is 5.32 Å². The number of nitrogens with one attached hydrogen (secondary N) is 1. The summed E-state index contributed by atoms with van der Waals surface area (Å²) in [5.41, 5.74) is 0. The Kier molecular flexibility index (Phi) is 57.0. The lowest BCUT2D eigenvalue weighted by atomic mass is 10.0. The predicted octanol–water partition coefficient (Wildman–Crippen LogP) is 19.2. The van der Waals surface area contributed by atoms with Crippen LogP contribution in [0.2, 0.25) is 0 Å². The number of amides is 1. The van der Waals surface area contributed by atoms with E-state index in [4.69, 9.17) is 4.74 Å². The zero-order valence-corrected chi connectivity index (χ0v) is 46.1. The van der Waals surface area contributed by atoms with Gasteiger partial charge in [0.15, 0.2) is 0 Å². The van der Waals surface area contributed by atoms with Crippen LogP contribution in [0, 0.1) is 0 Å². The maximum absolute atomic E-state index is 12.5. The van der Waals surface area contributed by atoms with Gasteiger partial charge in [-0.2, -0.15) is 0 Å². The van der Waals surface area contributed by atoms with Crippen LogP contribution in [-0.4, -0.2) is 47.4 Å². The van der Waals surface area contributed by atoms with Crippen LogP contribution in [0.1, 0.15) is 348 Å². The third-order valence-corrected chi connectivity index (χ3v) is 14.6. The molecule has 0 saturated carbocycles. The van der Waals surface area contributed by atoms with Crippen LogP contribution >= 0.6 is 0 Å². The molecule has 2 unspecified atom stereocenters. The number of carbonyl (C=O) groups excluding carboxylic acids is 2. The summed E-state index contributed by atoms with van der Waals surface area (Å²) in [5, 5.41) is 23.3. The molecule has 6 nitrogen and oxygen atoms in total. The van der Waals surface area contributed by atoms with Gasteiger partial charge in [0, 0.05) is 12.8 Å². The minimum Gasteiger partial charge on any atom is -0.466 e. The number of esters is 1. The van der Waals surface area contributed by atoms with Crippen molar-refractivity contribution in [2.75, 3.05) is 13.2 Å². The number of allylic oxidation sites excluding steroid dienone is 2. The Labute approximate surface area is 425 Å². The van der Waals surface area contributed by atoms with Gasteiger partial charge in [-0.3, -0.25) is 9.59 Å². The fourth-order valence-electron chi connectivity index (χ4n) is 9.81. The monoisotopic (exact) mass is 960 g/mol. The molecule has 0 rings (SSSR count). The fraction of sp³-hybridized carbons (Fsp3) is 0.935. The topological polar surface area (TPSA) is 95.9 Å². The van der Waals surface area contributed by atoms with Gasteiger partial charge in [-0.15, -0.1) is 0 Å².